The molecular formula is C9H16BrNO. The molecule has 2 saturated heterocycles. The number of hydrogen-bond donors (Lipinski definition) is 0. The molecule has 2 heterocycles. The molecule has 0 aromatic heterocycles. The molecule has 0 bridgehead atoms. The molecule has 0 saturated carbocycles. The Labute approximate surface area is 82.4 Å². The first-order chi connectivity index (χ1) is 5.71. The molecule has 0 radical (unpaired) electrons. The van der Waals surface area contributed by atoms with Crippen molar-refractivity contribution in [2.75, 3.05) is 33.4 Å². The first kappa shape index (κ1) is 8.97. The van der Waals surface area contributed by atoms with Gasteiger partial charge in [-0.3, -0.25) is 0 Å². The van der Waals surface area contributed by atoms with E-state index in [9.17, 15) is 0 Å². The Kier molecular flexibility index (Phi) is 2.45. The average Bonchev–Trinajstić information content (AvgIpc) is 2.00. The van der Waals surface area contributed by atoms with Gasteiger partial charge >= 0.3 is 0 Å². The molecule has 0 spiro atoms. The van der Waals surface area contributed by atoms with E-state index in [0.717, 1.165) is 19.1 Å². The van der Waals surface area contributed by atoms with Gasteiger partial charge in [-0.2, -0.15) is 0 Å². The summed E-state index contributed by atoms with van der Waals surface area (Å²) in [5.41, 5.74) is 0. The van der Waals surface area contributed by atoms with Gasteiger partial charge in [-0.25, -0.2) is 0 Å². The van der Waals surface area contributed by atoms with Crippen molar-refractivity contribution in [2.45, 2.75) is 17.2 Å². The summed E-state index contributed by atoms with van der Waals surface area (Å²) in [4.78, 5) is 2.43. The van der Waals surface area contributed by atoms with Gasteiger partial charge in [-0.05, 0) is 32.4 Å². The molecule has 3 heteroatoms. The molecule has 12 heavy (non-hydrogen) atoms. The van der Waals surface area contributed by atoms with Crippen molar-refractivity contribution < 1.29 is 4.74 Å². The van der Waals surface area contributed by atoms with Crippen LogP contribution in [0.3, 0.4) is 0 Å². The van der Waals surface area contributed by atoms with Crippen LogP contribution in [0.25, 0.3) is 0 Å². The summed E-state index contributed by atoms with van der Waals surface area (Å²) in [5.74, 6) is 0.796. The second-order valence-corrected chi connectivity index (χ2v) is 5.71. The van der Waals surface area contributed by atoms with Gasteiger partial charge in [0.15, 0.2) is 0 Å². The Hall–Kier alpha value is 0.400. The van der Waals surface area contributed by atoms with Crippen LogP contribution < -0.4 is 0 Å². The van der Waals surface area contributed by atoms with Crippen LogP contribution in [-0.4, -0.2) is 42.6 Å². The summed E-state index contributed by atoms with van der Waals surface area (Å²) < 4.78 is 5.58. The molecule has 2 aliphatic heterocycles. The number of rotatable bonds is 1. The van der Waals surface area contributed by atoms with E-state index in [1.54, 1.807) is 0 Å². The van der Waals surface area contributed by atoms with Crippen molar-refractivity contribution in [2.24, 2.45) is 5.92 Å². The minimum Gasteiger partial charge on any atom is -0.378 e. The molecule has 0 amide bonds. The van der Waals surface area contributed by atoms with E-state index < -0.39 is 0 Å². The van der Waals surface area contributed by atoms with Gasteiger partial charge in [-0.1, -0.05) is 15.9 Å². The van der Waals surface area contributed by atoms with Gasteiger partial charge < -0.3 is 9.64 Å². The van der Waals surface area contributed by atoms with Crippen molar-refractivity contribution in [3.63, 3.8) is 0 Å². The van der Waals surface area contributed by atoms with Crippen LogP contribution in [0.5, 0.6) is 0 Å². The Morgan fingerprint density at radius 3 is 2.75 bits per heavy atom. The van der Waals surface area contributed by atoms with E-state index in [2.05, 4.69) is 27.9 Å². The fourth-order valence-electron chi connectivity index (χ4n) is 2.12. The van der Waals surface area contributed by atoms with Gasteiger partial charge in [0.05, 0.1) is 17.5 Å². The minimum absolute atomic E-state index is 0.321. The van der Waals surface area contributed by atoms with Crippen molar-refractivity contribution >= 4 is 15.9 Å². The number of likely N-dealkylation sites (tertiary alicyclic amines) is 1. The lowest BCUT2D eigenvalue weighted by Gasteiger charge is -2.46. The van der Waals surface area contributed by atoms with E-state index in [0.29, 0.717) is 4.32 Å². The van der Waals surface area contributed by atoms with Crippen LogP contribution in [-0.2, 0) is 4.74 Å². The third kappa shape index (κ3) is 1.54. The lowest BCUT2D eigenvalue weighted by atomic mass is 9.84. The zero-order valence-corrected chi connectivity index (χ0v) is 9.14. The maximum absolute atomic E-state index is 5.26. The molecular weight excluding hydrogens is 218 g/mol. The van der Waals surface area contributed by atoms with E-state index in [4.69, 9.17) is 4.74 Å². The number of piperidine rings is 1. The summed E-state index contributed by atoms with van der Waals surface area (Å²) in [6.07, 6.45) is 2.70. The van der Waals surface area contributed by atoms with Gasteiger partial charge in [0.25, 0.3) is 0 Å². The summed E-state index contributed by atoms with van der Waals surface area (Å²) >= 11 is 3.81. The molecule has 2 nitrogen and oxygen atoms in total. The summed E-state index contributed by atoms with van der Waals surface area (Å²) in [6, 6.07) is 0. The third-order valence-corrected chi connectivity index (χ3v) is 4.15. The fraction of sp³-hybridized carbons (Fsp3) is 1.00. The van der Waals surface area contributed by atoms with Gasteiger partial charge in [0.1, 0.15) is 0 Å². The molecule has 1 unspecified atom stereocenters. The molecule has 1 atom stereocenters. The smallest absolute Gasteiger partial charge is 0.0763 e. The van der Waals surface area contributed by atoms with Gasteiger partial charge in [0.2, 0.25) is 0 Å². The van der Waals surface area contributed by atoms with Gasteiger partial charge in [-0.15, -0.1) is 0 Å². The predicted octanol–water partition coefficient (Wildman–Crippen LogP) is 1.49. The highest BCUT2D eigenvalue weighted by molar-refractivity contribution is 9.10. The standard InChI is InChI=1S/C9H16BrNO/c1-11-4-2-3-8(5-11)9(10)6-12-7-9/h8H,2-7H2,1H3. The Bertz CT molecular complexity index is 170. The topological polar surface area (TPSA) is 12.5 Å². The van der Waals surface area contributed by atoms with Crippen LogP contribution in [0.15, 0.2) is 0 Å². The van der Waals surface area contributed by atoms with E-state index in [1.165, 1.54) is 25.9 Å². The molecule has 0 aromatic rings. The Morgan fingerprint density at radius 2 is 2.25 bits per heavy atom. The van der Waals surface area contributed by atoms with E-state index in [1.807, 2.05) is 0 Å². The lowest BCUT2D eigenvalue weighted by Crippen LogP contribution is -2.54. The van der Waals surface area contributed by atoms with Crippen LogP contribution in [0, 0.1) is 5.92 Å². The van der Waals surface area contributed by atoms with Crippen molar-refractivity contribution in [3.8, 4) is 0 Å². The SMILES string of the molecule is CN1CCCC(C2(Br)COC2)C1. The second kappa shape index (κ2) is 3.28. The maximum Gasteiger partial charge on any atom is 0.0763 e. The molecule has 2 fully saturated rings. The molecule has 2 rings (SSSR count). The van der Waals surface area contributed by atoms with Crippen LogP contribution in [0.2, 0.25) is 0 Å². The average molecular weight is 234 g/mol. The zero-order valence-electron chi connectivity index (χ0n) is 7.55. The molecule has 0 N–H and O–H groups in total. The quantitative estimate of drug-likeness (QED) is 0.637. The monoisotopic (exact) mass is 233 g/mol. The fourth-order valence-corrected chi connectivity index (χ4v) is 2.82. The third-order valence-electron chi connectivity index (χ3n) is 3.04. The van der Waals surface area contributed by atoms with E-state index in [-0.39, 0.29) is 0 Å². The highest BCUT2D eigenvalue weighted by Crippen LogP contribution is 2.39. The van der Waals surface area contributed by atoms with Crippen molar-refractivity contribution in [3.05, 3.63) is 0 Å². The molecule has 70 valence electrons. The zero-order chi connectivity index (χ0) is 8.60. The first-order valence-corrected chi connectivity index (χ1v) is 5.45. The Morgan fingerprint density at radius 1 is 1.50 bits per heavy atom. The minimum atomic E-state index is 0.321. The molecule has 0 aliphatic carbocycles. The molecule has 0 aromatic carbocycles. The Balaban J connectivity index is 1.94. The summed E-state index contributed by atoms with van der Waals surface area (Å²) in [6.45, 7) is 4.31. The highest BCUT2D eigenvalue weighted by Gasteiger charge is 2.44. The summed E-state index contributed by atoms with van der Waals surface area (Å²) in [7, 11) is 2.21. The van der Waals surface area contributed by atoms with Crippen LogP contribution in [0.4, 0.5) is 0 Å². The number of ether oxygens (including phenoxy) is 1. The van der Waals surface area contributed by atoms with Crippen molar-refractivity contribution in [1.29, 1.82) is 0 Å². The molecule has 2 aliphatic rings. The lowest BCUT2D eigenvalue weighted by molar-refractivity contribution is -0.0442. The number of halogens is 1. The van der Waals surface area contributed by atoms with Crippen LogP contribution >= 0.6 is 15.9 Å². The van der Waals surface area contributed by atoms with Crippen LogP contribution in [0.1, 0.15) is 12.8 Å². The second-order valence-electron chi connectivity index (χ2n) is 4.13. The first-order valence-electron chi connectivity index (χ1n) is 4.66. The largest absolute Gasteiger partial charge is 0.378 e. The number of nitrogens with zero attached hydrogens (tertiary/aromatic N) is 1. The summed E-state index contributed by atoms with van der Waals surface area (Å²) in [5, 5.41) is 0. The normalized spacial score (nSPS) is 36.0. The number of hydrogen-bond acceptors (Lipinski definition) is 2. The van der Waals surface area contributed by atoms with Crippen molar-refractivity contribution in [1.82, 2.24) is 4.90 Å². The predicted molar refractivity (Wildman–Crippen MR) is 52.7 cm³/mol. The highest BCUT2D eigenvalue weighted by atomic mass is 79.9. The number of alkyl halides is 1. The maximum atomic E-state index is 5.26. The van der Waals surface area contributed by atoms with Gasteiger partial charge in [0, 0.05) is 6.54 Å². The van der Waals surface area contributed by atoms with E-state index >= 15 is 0 Å².